The predicted molar refractivity (Wildman–Crippen MR) is 128 cm³/mol. The van der Waals surface area contributed by atoms with Gasteiger partial charge in [-0.25, -0.2) is 0 Å². The van der Waals surface area contributed by atoms with Crippen molar-refractivity contribution >= 4 is 28.9 Å². The predicted octanol–water partition coefficient (Wildman–Crippen LogP) is -0.442. The van der Waals surface area contributed by atoms with Crippen LogP contribution in [0.2, 0.25) is 0 Å². The fourth-order valence-electron chi connectivity index (χ4n) is 3.74. The Hall–Kier alpha value is -1.40. The molecule has 1 saturated heterocycles. The van der Waals surface area contributed by atoms with Crippen molar-refractivity contribution in [1.29, 1.82) is 0 Å². The maximum atomic E-state index is 13.4. The Morgan fingerprint density at radius 1 is 1.18 bits per heavy atom. The molecule has 33 heavy (non-hydrogen) atoms. The number of carbonyl (C=O) groups is 3. The number of morpholine rings is 1. The monoisotopic (exact) mass is 490 g/mol. The first-order valence-corrected chi connectivity index (χ1v) is 13.0. The number of nitrogens with two attached hydrogens (primary N) is 1. The van der Waals surface area contributed by atoms with Crippen LogP contribution in [0.3, 0.4) is 0 Å². The van der Waals surface area contributed by atoms with Crippen molar-refractivity contribution in [2.24, 2.45) is 5.73 Å². The molecule has 0 aromatic rings. The van der Waals surface area contributed by atoms with E-state index >= 15 is 0 Å². The summed E-state index contributed by atoms with van der Waals surface area (Å²) in [6, 6.07) is -2.04. The molecule has 3 atom stereocenters. The third-order valence-electron chi connectivity index (χ3n) is 5.74. The van der Waals surface area contributed by atoms with E-state index in [4.69, 9.17) is 10.5 Å². The number of amides is 3. The summed E-state index contributed by atoms with van der Waals surface area (Å²) in [5.74, 6) is -1.11. The van der Waals surface area contributed by atoms with Crippen LogP contribution in [0.25, 0.3) is 0 Å². The lowest BCUT2D eigenvalue weighted by Crippen LogP contribution is -2.57. The molecule has 0 aromatic heterocycles. The van der Waals surface area contributed by atoms with Crippen molar-refractivity contribution in [3.8, 4) is 0 Å². The highest BCUT2D eigenvalue weighted by Gasteiger charge is 2.38. The summed E-state index contributed by atoms with van der Waals surface area (Å²) in [4.78, 5) is 42.7. The molecule has 0 aromatic carbocycles. The van der Waals surface area contributed by atoms with Crippen molar-refractivity contribution < 1.29 is 28.8 Å². The third-order valence-corrected chi connectivity index (χ3v) is 7.17. The fourth-order valence-corrected chi connectivity index (χ4v) is 5.07. The van der Waals surface area contributed by atoms with E-state index in [1.54, 1.807) is 0 Å². The number of rotatable bonds is 14. The lowest BCUT2D eigenvalue weighted by molar-refractivity contribution is -0.147. The molecule has 0 saturated carbocycles. The van der Waals surface area contributed by atoms with Crippen LogP contribution >= 0.6 is 0 Å². The van der Waals surface area contributed by atoms with Crippen LogP contribution in [-0.2, 0) is 30.3 Å². The summed E-state index contributed by atoms with van der Waals surface area (Å²) in [7, 11) is 2.95. The Bertz CT molecular complexity index is 639. The van der Waals surface area contributed by atoms with Crippen molar-refractivity contribution in [2.45, 2.75) is 64.1 Å². The molecule has 3 N–H and O–H groups in total. The molecule has 0 bridgehead atoms. The van der Waals surface area contributed by atoms with Crippen molar-refractivity contribution in [3.63, 3.8) is 0 Å². The Kier molecular flexibility index (Phi) is 12.7. The summed E-state index contributed by atoms with van der Waals surface area (Å²) in [5, 5.41) is 10.2. The van der Waals surface area contributed by atoms with E-state index in [1.807, 2.05) is 6.92 Å². The van der Waals surface area contributed by atoms with Gasteiger partial charge in [-0.05, 0) is 20.3 Å². The first-order chi connectivity index (χ1) is 15.4. The van der Waals surface area contributed by atoms with Crippen molar-refractivity contribution in [1.82, 2.24) is 14.7 Å². The van der Waals surface area contributed by atoms with Crippen LogP contribution in [0.5, 0.6) is 0 Å². The zero-order valence-corrected chi connectivity index (χ0v) is 21.6. The lowest BCUT2D eigenvalue weighted by atomic mass is 9.97. The average Bonchev–Trinajstić information content (AvgIpc) is 2.74. The number of aliphatic hydroxyl groups is 1. The number of likely N-dealkylation sites (N-methyl/N-ethyl adjacent to an activating group) is 2. The Balaban J connectivity index is 2.89. The van der Waals surface area contributed by atoms with Gasteiger partial charge in [-0.15, -0.1) is 0 Å². The molecule has 1 heterocycles. The normalized spacial score (nSPS) is 17.8. The Morgan fingerprint density at radius 2 is 1.79 bits per heavy atom. The zero-order valence-electron chi connectivity index (χ0n) is 20.7. The minimum atomic E-state index is -1.34. The van der Waals surface area contributed by atoms with Crippen LogP contribution in [0.1, 0.15) is 46.5 Å². The quantitative estimate of drug-likeness (QED) is 0.315. The Labute approximate surface area is 201 Å². The number of ether oxygens (including phenoxy) is 1. The summed E-state index contributed by atoms with van der Waals surface area (Å²) in [6.07, 6.45) is 1.53. The molecule has 1 rings (SSSR count). The van der Waals surface area contributed by atoms with Gasteiger partial charge >= 0.3 is 0 Å². The largest absolute Gasteiger partial charge is 0.616 e. The van der Waals surface area contributed by atoms with Gasteiger partial charge in [-0.2, -0.15) is 0 Å². The number of hydrogen-bond donors (Lipinski definition) is 2. The maximum Gasteiger partial charge on any atom is 0.250 e. The molecule has 192 valence electrons. The van der Waals surface area contributed by atoms with E-state index < -0.39 is 40.7 Å². The summed E-state index contributed by atoms with van der Waals surface area (Å²) < 4.78 is 18.2. The van der Waals surface area contributed by atoms with Crippen molar-refractivity contribution in [3.05, 3.63) is 0 Å². The highest BCUT2D eigenvalue weighted by atomic mass is 32.2. The second-order valence-corrected chi connectivity index (χ2v) is 10.9. The van der Waals surface area contributed by atoms with Gasteiger partial charge in [0.25, 0.3) is 5.91 Å². The van der Waals surface area contributed by atoms with Gasteiger partial charge in [-0.3, -0.25) is 19.3 Å². The second kappa shape index (κ2) is 14.1. The molecule has 1 aliphatic heterocycles. The van der Waals surface area contributed by atoms with Crippen LogP contribution in [0.15, 0.2) is 0 Å². The highest BCUT2D eigenvalue weighted by Crippen LogP contribution is 2.18. The average molecular weight is 491 g/mol. The minimum Gasteiger partial charge on any atom is -0.616 e. The number of nitrogens with zero attached hydrogens (tertiary/aromatic N) is 3. The Morgan fingerprint density at radius 3 is 2.30 bits per heavy atom. The van der Waals surface area contributed by atoms with Gasteiger partial charge in [-0.1, -0.05) is 18.1 Å². The first-order valence-electron chi connectivity index (χ1n) is 11.6. The van der Waals surface area contributed by atoms with Gasteiger partial charge in [0.05, 0.1) is 18.8 Å². The third kappa shape index (κ3) is 10.6. The lowest BCUT2D eigenvalue weighted by Gasteiger charge is -2.35. The molecule has 10 nitrogen and oxygen atoms in total. The van der Waals surface area contributed by atoms with Gasteiger partial charge in [0, 0.05) is 53.0 Å². The van der Waals surface area contributed by atoms with Gasteiger partial charge in [0.2, 0.25) is 11.8 Å². The summed E-state index contributed by atoms with van der Waals surface area (Å²) in [5.41, 5.74) is 4.28. The van der Waals surface area contributed by atoms with Gasteiger partial charge in [0.15, 0.2) is 6.04 Å². The molecule has 11 heteroatoms. The van der Waals surface area contributed by atoms with Crippen LogP contribution in [-0.4, -0.2) is 118 Å². The van der Waals surface area contributed by atoms with Crippen LogP contribution < -0.4 is 5.73 Å². The summed E-state index contributed by atoms with van der Waals surface area (Å²) in [6.45, 7) is 8.81. The van der Waals surface area contributed by atoms with E-state index in [-0.39, 0.29) is 24.5 Å². The van der Waals surface area contributed by atoms with E-state index in [0.29, 0.717) is 31.8 Å². The van der Waals surface area contributed by atoms with E-state index in [0.717, 1.165) is 19.6 Å². The molecule has 0 radical (unpaired) electrons. The van der Waals surface area contributed by atoms with E-state index in [2.05, 4.69) is 4.90 Å². The van der Waals surface area contributed by atoms with Crippen molar-refractivity contribution in [2.75, 3.05) is 58.4 Å². The molecule has 0 aliphatic carbocycles. The molecule has 0 spiro atoms. The highest BCUT2D eigenvalue weighted by molar-refractivity contribution is 7.91. The van der Waals surface area contributed by atoms with Crippen LogP contribution in [0, 0.1) is 0 Å². The number of primary amides is 1. The smallest absolute Gasteiger partial charge is 0.250 e. The fraction of sp³-hybridized carbons (Fsp3) is 0.864. The first kappa shape index (κ1) is 29.6. The molecule has 1 unspecified atom stereocenters. The topological polar surface area (TPSA) is 139 Å². The zero-order chi connectivity index (χ0) is 25.2. The number of hydrogen-bond acceptors (Lipinski definition) is 7. The standard InChI is InChI=1S/C22H42N4O6S/c1-6-8-19(27)24(4)18(16-33(31)14-7-9-26-10-12-32-13-11-26)21(29)25(5)17(20(23)28)15-22(2,3)30/h17-18,30H,6-16H2,1-5H3,(H2,23,28)/t17-,18+,33?/m0/s1. The molecule has 1 aliphatic rings. The van der Waals surface area contributed by atoms with Crippen LogP contribution in [0.4, 0.5) is 0 Å². The maximum absolute atomic E-state index is 13.4. The molecular weight excluding hydrogens is 448 g/mol. The number of carbonyl (C=O) groups excluding carboxylic acids is 3. The van der Waals surface area contributed by atoms with E-state index in [9.17, 15) is 24.0 Å². The SMILES string of the molecule is CCCC(=O)N(C)[C@H](C[S+]([O-])CCCN1CCOCC1)C(=O)N(C)[C@@H](CC(C)(C)O)C(N)=O. The second-order valence-electron chi connectivity index (χ2n) is 9.27. The minimum absolute atomic E-state index is 0.0216. The van der Waals surface area contributed by atoms with Gasteiger partial charge < -0.3 is 29.9 Å². The van der Waals surface area contributed by atoms with E-state index in [1.165, 1.54) is 37.7 Å². The van der Waals surface area contributed by atoms with Gasteiger partial charge in [0.1, 0.15) is 17.5 Å². The summed E-state index contributed by atoms with van der Waals surface area (Å²) >= 11 is -1.34. The molecule has 1 fully saturated rings. The molecular formula is C22H42N4O6S. The molecule has 3 amide bonds.